The van der Waals surface area contributed by atoms with E-state index in [4.69, 9.17) is 10.4 Å². The van der Waals surface area contributed by atoms with Crippen molar-refractivity contribution in [3.63, 3.8) is 0 Å². The number of carboxylic acids is 1. The first-order chi connectivity index (χ1) is 9.97. The molecule has 0 saturated carbocycles. The molecule has 1 aromatic carbocycles. The van der Waals surface area contributed by atoms with Crippen molar-refractivity contribution in [3.05, 3.63) is 35.4 Å². The number of aliphatic carboxylic acids is 1. The molecule has 0 aromatic heterocycles. The Morgan fingerprint density at radius 3 is 2.71 bits per heavy atom. The van der Waals surface area contributed by atoms with E-state index in [1.807, 2.05) is 13.0 Å². The van der Waals surface area contributed by atoms with Crippen LogP contribution in [0.25, 0.3) is 0 Å². The van der Waals surface area contributed by atoms with Crippen LogP contribution in [0.2, 0.25) is 0 Å². The van der Waals surface area contributed by atoms with Crippen molar-refractivity contribution in [1.82, 2.24) is 10.6 Å². The molecular weight excluding hydrogens is 270 g/mol. The van der Waals surface area contributed by atoms with Crippen molar-refractivity contribution in [2.24, 2.45) is 5.92 Å². The number of nitrogens with zero attached hydrogens (tertiary/aromatic N) is 1. The van der Waals surface area contributed by atoms with Gasteiger partial charge in [-0.05, 0) is 23.6 Å². The lowest BCUT2D eigenvalue weighted by atomic mass is 9.99. The summed E-state index contributed by atoms with van der Waals surface area (Å²) in [5.74, 6) is -1.21. The lowest BCUT2D eigenvalue weighted by Crippen LogP contribution is -2.48. The second-order valence-electron chi connectivity index (χ2n) is 4.84. The van der Waals surface area contributed by atoms with E-state index in [2.05, 4.69) is 10.6 Å². The molecule has 0 aliphatic carbocycles. The number of amides is 2. The van der Waals surface area contributed by atoms with Crippen LogP contribution in [0.4, 0.5) is 4.79 Å². The fraction of sp³-hybridized carbons (Fsp3) is 0.400. The Labute approximate surface area is 123 Å². The summed E-state index contributed by atoms with van der Waals surface area (Å²) in [5.41, 5.74) is 1.29. The molecule has 0 radical (unpaired) electrons. The average Bonchev–Trinajstić information content (AvgIpc) is 2.49. The molecule has 3 N–H and O–H groups in total. The quantitative estimate of drug-likeness (QED) is 0.743. The molecule has 0 fully saturated rings. The number of hydrogen-bond donors (Lipinski definition) is 3. The van der Waals surface area contributed by atoms with Crippen LogP contribution < -0.4 is 10.6 Å². The third-order valence-corrected chi connectivity index (χ3v) is 3.27. The van der Waals surface area contributed by atoms with Crippen molar-refractivity contribution < 1.29 is 14.7 Å². The van der Waals surface area contributed by atoms with Gasteiger partial charge in [0.15, 0.2) is 0 Å². The predicted molar refractivity (Wildman–Crippen MR) is 77.4 cm³/mol. The molecule has 1 aromatic rings. The monoisotopic (exact) mass is 289 g/mol. The van der Waals surface area contributed by atoms with Crippen molar-refractivity contribution in [3.8, 4) is 6.07 Å². The first kappa shape index (κ1) is 16.5. The van der Waals surface area contributed by atoms with Crippen molar-refractivity contribution in [2.75, 3.05) is 0 Å². The minimum Gasteiger partial charge on any atom is -0.480 e. The van der Waals surface area contributed by atoms with E-state index in [9.17, 15) is 9.59 Å². The van der Waals surface area contributed by atoms with Gasteiger partial charge in [0.25, 0.3) is 0 Å². The molecule has 0 aliphatic rings. The number of hydrogen-bond acceptors (Lipinski definition) is 3. The number of urea groups is 1. The summed E-state index contributed by atoms with van der Waals surface area (Å²) in [5, 5.41) is 22.9. The standard InChI is InChI=1S/C15H19N3O3/c1-3-10(2)13(14(19)20)18-15(21)17-9-12-6-4-5-11(7-12)8-16/h4-7,10,13H,3,9H2,1-2H3,(H,19,20)(H2,17,18,21)/t10-,13-/m0/s1. The highest BCUT2D eigenvalue weighted by atomic mass is 16.4. The molecule has 1 rings (SSSR count). The molecule has 2 amide bonds. The smallest absolute Gasteiger partial charge is 0.326 e. The molecule has 6 nitrogen and oxygen atoms in total. The summed E-state index contributed by atoms with van der Waals surface area (Å²) in [7, 11) is 0. The first-order valence-electron chi connectivity index (χ1n) is 6.74. The van der Waals surface area contributed by atoms with E-state index >= 15 is 0 Å². The van der Waals surface area contributed by atoms with E-state index in [0.29, 0.717) is 12.0 Å². The van der Waals surface area contributed by atoms with Crippen LogP contribution in [-0.4, -0.2) is 23.1 Å². The van der Waals surface area contributed by atoms with Gasteiger partial charge in [-0.3, -0.25) is 0 Å². The predicted octanol–water partition coefficient (Wildman–Crippen LogP) is 1.86. The van der Waals surface area contributed by atoms with Gasteiger partial charge in [0, 0.05) is 6.54 Å². The van der Waals surface area contributed by atoms with Crippen LogP contribution >= 0.6 is 0 Å². The van der Waals surface area contributed by atoms with E-state index in [0.717, 1.165) is 5.56 Å². The maximum absolute atomic E-state index is 11.8. The Kier molecular flexibility index (Phi) is 6.21. The Morgan fingerprint density at radius 2 is 2.14 bits per heavy atom. The van der Waals surface area contributed by atoms with Gasteiger partial charge in [-0.1, -0.05) is 32.4 Å². The normalized spacial score (nSPS) is 12.8. The second-order valence-corrected chi connectivity index (χ2v) is 4.84. The molecule has 0 heterocycles. The van der Waals surface area contributed by atoms with Gasteiger partial charge in [0.1, 0.15) is 6.04 Å². The fourth-order valence-electron chi connectivity index (χ4n) is 1.81. The largest absolute Gasteiger partial charge is 0.480 e. The van der Waals surface area contributed by atoms with Crippen LogP contribution in [0.1, 0.15) is 31.4 Å². The third kappa shape index (κ3) is 5.15. The zero-order valence-electron chi connectivity index (χ0n) is 12.1. The first-order valence-corrected chi connectivity index (χ1v) is 6.74. The highest BCUT2D eigenvalue weighted by Crippen LogP contribution is 2.08. The van der Waals surface area contributed by atoms with Gasteiger partial charge in [0.2, 0.25) is 0 Å². The fourth-order valence-corrected chi connectivity index (χ4v) is 1.81. The van der Waals surface area contributed by atoms with Gasteiger partial charge in [0.05, 0.1) is 11.6 Å². The van der Waals surface area contributed by atoms with Crippen LogP contribution in [0.3, 0.4) is 0 Å². The molecule has 6 heteroatoms. The Bertz CT molecular complexity index is 551. The maximum atomic E-state index is 11.8. The number of rotatable bonds is 6. The van der Waals surface area contributed by atoms with Crippen molar-refractivity contribution in [2.45, 2.75) is 32.9 Å². The minimum absolute atomic E-state index is 0.157. The SMILES string of the molecule is CC[C@H](C)[C@H](NC(=O)NCc1cccc(C#N)c1)C(=O)O. The summed E-state index contributed by atoms with van der Waals surface area (Å²) in [4.78, 5) is 22.9. The lowest BCUT2D eigenvalue weighted by Gasteiger charge is -2.20. The van der Waals surface area contributed by atoms with Gasteiger partial charge in [-0.25, -0.2) is 9.59 Å². The number of nitriles is 1. The third-order valence-electron chi connectivity index (χ3n) is 3.27. The summed E-state index contributed by atoms with van der Waals surface area (Å²) >= 11 is 0. The van der Waals surface area contributed by atoms with Crippen molar-refractivity contribution >= 4 is 12.0 Å². The van der Waals surface area contributed by atoms with Gasteiger partial charge in [-0.2, -0.15) is 5.26 Å². The lowest BCUT2D eigenvalue weighted by molar-refractivity contribution is -0.140. The topological polar surface area (TPSA) is 102 Å². The summed E-state index contributed by atoms with van der Waals surface area (Å²) in [6.45, 7) is 3.87. The van der Waals surface area contributed by atoms with Crippen LogP contribution in [-0.2, 0) is 11.3 Å². The molecule has 0 unspecified atom stereocenters. The number of carboxylic acid groups (broad SMARTS) is 1. The van der Waals surface area contributed by atoms with Crippen molar-refractivity contribution in [1.29, 1.82) is 5.26 Å². The van der Waals surface area contributed by atoms with Gasteiger partial charge < -0.3 is 15.7 Å². The molecular formula is C15H19N3O3. The highest BCUT2D eigenvalue weighted by molar-refractivity contribution is 5.82. The molecule has 0 spiro atoms. The van der Waals surface area contributed by atoms with Gasteiger partial charge >= 0.3 is 12.0 Å². The number of nitrogens with one attached hydrogen (secondary N) is 2. The molecule has 2 atom stereocenters. The molecule has 0 aliphatic heterocycles. The molecule has 112 valence electrons. The Hall–Kier alpha value is -2.55. The maximum Gasteiger partial charge on any atom is 0.326 e. The van der Waals surface area contributed by atoms with E-state index in [1.165, 1.54) is 0 Å². The summed E-state index contributed by atoms with van der Waals surface area (Å²) in [6, 6.07) is 7.42. The Balaban J connectivity index is 2.57. The zero-order valence-corrected chi connectivity index (χ0v) is 12.1. The zero-order chi connectivity index (χ0) is 15.8. The summed E-state index contributed by atoms with van der Waals surface area (Å²) < 4.78 is 0. The van der Waals surface area contributed by atoms with E-state index in [-0.39, 0.29) is 12.5 Å². The number of carbonyl (C=O) groups excluding carboxylic acids is 1. The number of benzene rings is 1. The van der Waals surface area contributed by atoms with Crippen LogP contribution in [0.15, 0.2) is 24.3 Å². The van der Waals surface area contributed by atoms with Gasteiger partial charge in [-0.15, -0.1) is 0 Å². The molecule has 21 heavy (non-hydrogen) atoms. The summed E-state index contributed by atoms with van der Waals surface area (Å²) in [6.07, 6.45) is 0.654. The molecule has 0 saturated heterocycles. The van der Waals surface area contributed by atoms with E-state index in [1.54, 1.807) is 31.2 Å². The van der Waals surface area contributed by atoms with E-state index < -0.39 is 18.0 Å². The highest BCUT2D eigenvalue weighted by Gasteiger charge is 2.24. The average molecular weight is 289 g/mol. The molecule has 0 bridgehead atoms. The Morgan fingerprint density at radius 1 is 1.43 bits per heavy atom. The second kappa shape index (κ2) is 7.90. The van der Waals surface area contributed by atoms with Crippen LogP contribution in [0.5, 0.6) is 0 Å². The number of carbonyl (C=O) groups is 2. The van der Waals surface area contributed by atoms with Crippen LogP contribution in [0, 0.1) is 17.2 Å². The minimum atomic E-state index is -1.05.